The van der Waals surface area contributed by atoms with Crippen LogP contribution in [0.15, 0.2) is 46.8 Å². The number of carbonyl (C=O) groups excluding carboxylic acids is 2. The van der Waals surface area contributed by atoms with Crippen molar-refractivity contribution >= 4 is 24.1 Å². The van der Waals surface area contributed by atoms with Crippen molar-refractivity contribution in [2.45, 2.75) is 19.8 Å². The van der Waals surface area contributed by atoms with Crippen molar-refractivity contribution in [1.29, 1.82) is 5.26 Å². The number of allylic oxidation sites excluding steroid dienone is 2. The van der Waals surface area contributed by atoms with Gasteiger partial charge < -0.3 is 20.1 Å². The van der Waals surface area contributed by atoms with Gasteiger partial charge in [0.25, 0.3) is 0 Å². The molecule has 0 bridgehead atoms. The van der Waals surface area contributed by atoms with E-state index in [1.807, 2.05) is 31.2 Å². The third-order valence-electron chi connectivity index (χ3n) is 4.41. The van der Waals surface area contributed by atoms with Gasteiger partial charge in [0.05, 0.1) is 36.9 Å². The minimum absolute atomic E-state index is 0.238. The van der Waals surface area contributed by atoms with Gasteiger partial charge in [-0.1, -0.05) is 12.1 Å². The molecule has 1 aromatic rings. The number of rotatable bonds is 10. The van der Waals surface area contributed by atoms with Gasteiger partial charge in [-0.05, 0) is 31.5 Å². The highest BCUT2D eigenvalue weighted by atomic mass is 32.2. The fourth-order valence-corrected chi connectivity index (χ4v) is 3.97. The van der Waals surface area contributed by atoms with Crippen LogP contribution in [0.1, 0.15) is 25.3 Å². The Labute approximate surface area is 175 Å². The number of carbonyl (C=O) groups is 2. The van der Waals surface area contributed by atoms with Crippen LogP contribution >= 0.6 is 11.8 Å². The SMILES string of the molecule is CCOC(=O)C1=C(CSCCNC=O)NC(C)=C(C#N)C1c1cccc(OC)c1. The van der Waals surface area contributed by atoms with E-state index in [2.05, 4.69) is 16.7 Å². The number of amides is 1. The summed E-state index contributed by atoms with van der Waals surface area (Å²) in [5, 5.41) is 15.6. The molecule has 2 N–H and O–H groups in total. The maximum absolute atomic E-state index is 12.9. The standard InChI is InChI=1S/C21H25N3O4S/c1-4-28-21(26)20-18(12-29-9-8-23-13-25)24-14(2)17(11-22)19(20)15-6-5-7-16(10-15)27-3/h5-7,10,13,19,24H,4,8-9,12H2,1-3H3,(H,23,25). The average Bonchev–Trinajstić information content (AvgIpc) is 2.73. The summed E-state index contributed by atoms with van der Waals surface area (Å²) in [6.45, 7) is 4.35. The summed E-state index contributed by atoms with van der Waals surface area (Å²) >= 11 is 1.57. The van der Waals surface area contributed by atoms with E-state index in [1.54, 1.807) is 25.8 Å². The molecular weight excluding hydrogens is 390 g/mol. The molecule has 0 saturated carbocycles. The minimum Gasteiger partial charge on any atom is -0.497 e. The van der Waals surface area contributed by atoms with E-state index < -0.39 is 11.9 Å². The van der Waals surface area contributed by atoms with Gasteiger partial charge in [-0.25, -0.2) is 4.79 Å². The number of nitrogens with zero attached hydrogens (tertiary/aromatic N) is 1. The van der Waals surface area contributed by atoms with E-state index in [9.17, 15) is 14.9 Å². The first-order chi connectivity index (χ1) is 14.1. The monoisotopic (exact) mass is 415 g/mol. The molecule has 0 fully saturated rings. The average molecular weight is 416 g/mol. The number of nitrogens with one attached hydrogen (secondary N) is 2. The molecular formula is C21H25N3O4S. The fraction of sp³-hybridized carbons (Fsp3) is 0.381. The van der Waals surface area contributed by atoms with Crippen LogP contribution in [0.25, 0.3) is 0 Å². The number of hydrogen-bond donors (Lipinski definition) is 2. The van der Waals surface area contributed by atoms with Crippen LogP contribution in [-0.2, 0) is 14.3 Å². The summed E-state index contributed by atoms with van der Waals surface area (Å²) in [6, 6.07) is 9.61. The second-order valence-electron chi connectivity index (χ2n) is 6.22. The Hall–Kier alpha value is -2.92. The highest BCUT2D eigenvalue weighted by Gasteiger charge is 2.35. The summed E-state index contributed by atoms with van der Waals surface area (Å²) in [4.78, 5) is 23.3. The minimum atomic E-state index is -0.542. The zero-order chi connectivity index (χ0) is 21.2. The number of benzene rings is 1. The zero-order valence-electron chi connectivity index (χ0n) is 16.8. The summed E-state index contributed by atoms with van der Waals surface area (Å²) in [6.07, 6.45) is 0.660. The molecule has 0 radical (unpaired) electrons. The molecule has 1 atom stereocenters. The first kappa shape index (κ1) is 22.4. The number of hydrogen-bond acceptors (Lipinski definition) is 7. The molecule has 0 aromatic heterocycles. The molecule has 0 spiro atoms. The Morgan fingerprint density at radius 3 is 2.90 bits per heavy atom. The summed E-state index contributed by atoms with van der Waals surface area (Å²) in [5.41, 5.74) is 3.10. The first-order valence-corrected chi connectivity index (χ1v) is 10.4. The molecule has 1 unspecified atom stereocenters. The van der Waals surface area contributed by atoms with Crippen LogP contribution in [0.3, 0.4) is 0 Å². The van der Waals surface area contributed by atoms with Crippen molar-refractivity contribution in [2.75, 3.05) is 31.8 Å². The molecule has 1 heterocycles. The Morgan fingerprint density at radius 1 is 1.45 bits per heavy atom. The molecule has 0 saturated heterocycles. The van der Waals surface area contributed by atoms with Gasteiger partial charge in [0.2, 0.25) is 6.41 Å². The molecule has 29 heavy (non-hydrogen) atoms. The molecule has 7 nitrogen and oxygen atoms in total. The van der Waals surface area contributed by atoms with Gasteiger partial charge in [-0.15, -0.1) is 0 Å². The quantitative estimate of drug-likeness (QED) is 0.344. The lowest BCUT2D eigenvalue weighted by Crippen LogP contribution is -2.31. The second kappa shape index (κ2) is 11.2. The third kappa shape index (κ3) is 5.55. The molecule has 1 aliphatic heterocycles. The predicted molar refractivity (Wildman–Crippen MR) is 112 cm³/mol. The molecule has 1 aromatic carbocycles. The van der Waals surface area contributed by atoms with Gasteiger partial charge >= 0.3 is 5.97 Å². The molecule has 2 rings (SSSR count). The van der Waals surface area contributed by atoms with Gasteiger partial charge in [-0.3, -0.25) is 4.79 Å². The highest BCUT2D eigenvalue weighted by Crippen LogP contribution is 2.39. The van der Waals surface area contributed by atoms with Gasteiger partial charge in [0.15, 0.2) is 0 Å². The summed E-state index contributed by atoms with van der Waals surface area (Å²) < 4.78 is 10.7. The van der Waals surface area contributed by atoms with Crippen LogP contribution in [0.5, 0.6) is 5.75 Å². The summed E-state index contributed by atoms with van der Waals surface area (Å²) in [7, 11) is 1.57. The number of ether oxygens (including phenoxy) is 2. The predicted octanol–water partition coefficient (Wildman–Crippen LogP) is 2.48. The van der Waals surface area contributed by atoms with Crippen molar-refractivity contribution in [1.82, 2.24) is 10.6 Å². The number of thioether (sulfide) groups is 1. The summed E-state index contributed by atoms with van der Waals surface area (Å²) in [5.74, 6) is 0.868. The van der Waals surface area contributed by atoms with Gasteiger partial charge in [0, 0.05) is 29.4 Å². The zero-order valence-corrected chi connectivity index (χ0v) is 17.6. The number of methoxy groups -OCH3 is 1. The Morgan fingerprint density at radius 2 is 2.24 bits per heavy atom. The Kier molecular flexibility index (Phi) is 8.62. The van der Waals surface area contributed by atoms with Crippen LogP contribution < -0.4 is 15.4 Å². The van der Waals surface area contributed by atoms with E-state index in [4.69, 9.17) is 9.47 Å². The topological polar surface area (TPSA) is 100 Å². The fourth-order valence-electron chi connectivity index (χ4n) is 3.13. The van der Waals surface area contributed by atoms with Crippen molar-refractivity contribution in [3.05, 3.63) is 52.4 Å². The smallest absolute Gasteiger partial charge is 0.336 e. The first-order valence-electron chi connectivity index (χ1n) is 9.24. The van der Waals surface area contributed by atoms with E-state index in [0.717, 1.165) is 5.56 Å². The van der Waals surface area contributed by atoms with Crippen LogP contribution in [0.4, 0.5) is 0 Å². The lowest BCUT2D eigenvalue weighted by molar-refractivity contribution is -0.138. The highest BCUT2D eigenvalue weighted by molar-refractivity contribution is 7.99. The third-order valence-corrected chi connectivity index (χ3v) is 5.39. The van der Waals surface area contributed by atoms with Crippen molar-refractivity contribution in [2.24, 2.45) is 0 Å². The van der Waals surface area contributed by atoms with Crippen molar-refractivity contribution in [3.63, 3.8) is 0 Å². The van der Waals surface area contributed by atoms with E-state index in [1.165, 1.54) is 0 Å². The van der Waals surface area contributed by atoms with Crippen molar-refractivity contribution < 1.29 is 19.1 Å². The van der Waals surface area contributed by atoms with Crippen LogP contribution in [-0.4, -0.2) is 44.1 Å². The van der Waals surface area contributed by atoms with Crippen LogP contribution in [0.2, 0.25) is 0 Å². The lowest BCUT2D eigenvalue weighted by Gasteiger charge is -2.30. The number of esters is 1. The molecule has 1 amide bonds. The Bertz CT molecular complexity index is 858. The maximum atomic E-state index is 12.9. The van der Waals surface area contributed by atoms with Gasteiger partial charge in [-0.2, -0.15) is 17.0 Å². The molecule has 0 aliphatic carbocycles. The van der Waals surface area contributed by atoms with E-state index >= 15 is 0 Å². The second-order valence-corrected chi connectivity index (χ2v) is 7.33. The lowest BCUT2D eigenvalue weighted by atomic mass is 9.81. The molecule has 154 valence electrons. The maximum Gasteiger partial charge on any atom is 0.336 e. The molecule has 1 aliphatic rings. The largest absolute Gasteiger partial charge is 0.497 e. The van der Waals surface area contributed by atoms with Crippen LogP contribution in [0, 0.1) is 11.3 Å². The normalized spacial score (nSPS) is 16.0. The van der Waals surface area contributed by atoms with E-state index in [0.29, 0.717) is 52.8 Å². The molecule has 8 heteroatoms. The van der Waals surface area contributed by atoms with Gasteiger partial charge in [0.1, 0.15) is 5.75 Å². The van der Waals surface area contributed by atoms with Crippen molar-refractivity contribution in [3.8, 4) is 11.8 Å². The Balaban J connectivity index is 2.48. The number of nitriles is 1. The number of dihydropyridines is 1. The van der Waals surface area contributed by atoms with E-state index in [-0.39, 0.29) is 6.61 Å².